The van der Waals surface area contributed by atoms with Gasteiger partial charge in [-0.15, -0.1) is 12.4 Å². The number of anilines is 1. The van der Waals surface area contributed by atoms with Gasteiger partial charge in [0.05, 0.1) is 6.54 Å². The van der Waals surface area contributed by atoms with Crippen molar-refractivity contribution in [3.8, 4) is 0 Å². The summed E-state index contributed by atoms with van der Waals surface area (Å²) in [5.41, 5.74) is 1.01. The van der Waals surface area contributed by atoms with E-state index in [0.717, 1.165) is 12.2 Å². The molecular weight excluding hydrogens is 248 g/mol. The van der Waals surface area contributed by atoms with Gasteiger partial charge in [0.1, 0.15) is 0 Å². The summed E-state index contributed by atoms with van der Waals surface area (Å²) in [5.74, 6) is 0.849. The highest BCUT2D eigenvalue weighted by Gasteiger charge is 2.24. The summed E-state index contributed by atoms with van der Waals surface area (Å²) in [7, 11) is 1.81. The predicted octanol–water partition coefficient (Wildman–Crippen LogP) is 2.46. The van der Waals surface area contributed by atoms with Gasteiger partial charge < -0.3 is 10.2 Å². The van der Waals surface area contributed by atoms with Gasteiger partial charge in [0, 0.05) is 12.2 Å². The van der Waals surface area contributed by atoms with Gasteiger partial charge in [-0.1, -0.05) is 24.6 Å². The molecule has 1 saturated carbocycles. The van der Waals surface area contributed by atoms with Crippen LogP contribution in [0.3, 0.4) is 0 Å². The number of benzene rings is 1. The summed E-state index contributed by atoms with van der Waals surface area (Å²) in [5, 5.41) is 2.94. The Morgan fingerprint density at radius 3 is 2.50 bits per heavy atom. The van der Waals surface area contributed by atoms with Crippen LogP contribution in [-0.2, 0) is 4.79 Å². The van der Waals surface area contributed by atoms with Crippen LogP contribution in [0.15, 0.2) is 30.3 Å². The number of carbonyl (C=O) groups excluding carboxylic acids is 1. The first kappa shape index (κ1) is 15.0. The van der Waals surface area contributed by atoms with Crippen molar-refractivity contribution >= 4 is 24.0 Å². The molecule has 1 aromatic rings. The van der Waals surface area contributed by atoms with E-state index in [2.05, 4.69) is 5.32 Å². The molecule has 1 N–H and O–H groups in total. The van der Waals surface area contributed by atoms with Crippen LogP contribution >= 0.6 is 12.4 Å². The zero-order valence-corrected chi connectivity index (χ0v) is 11.6. The normalized spacial score (nSPS) is 14.5. The molecule has 0 saturated heterocycles. The molecule has 100 valence electrons. The molecule has 3 nitrogen and oxygen atoms in total. The van der Waals surface area contributed by atoms with Gasteiger partial charge in [0.15, 0.2) is 0 Å². The Bertz CT molecular complexity index is 365. The number of rotatable bonds is 5. The monoisotopic (exact) mass is 268 g/mol. The van der Waals surface area contributed by atoms with Crippen molar-refractivity contribution in [2.75, 3.05) is 25.0 Å². The molecule has 1 aliphatic carbocycles. The highest BCUT2D eigenvalue weighted by molar-refractivity contribution is 5.94. The van der Waals surface area contributed by atoms with Crippen LogP contribution in [-0.4, -0.2) is 26.0 Å². The molecule has 0 unspecified atom stereocenters. The molecule has 0 atom stereocenters. The number of halogens is 1. The van der Waals surface area contributed by atoms with Crippen molar-refractivity contribution < 1.29 is 4.79 Å². The molecule has 1 aromatic carbocycles. The fourth-order valence-electron chi connectivity index (χ4n) is 2.14. The minimum Gasteiger partial charge on any atom is -0.311 e. The van der Waals surface area contributed by atoms with Crippen LogP contribution in [0.1, 0.15) is 19.3 Å². The van der Waals surface area contributed by atoms with E-state index in [1.807, 2.05) is 42.3 Å². The van der Waals surface area contributed by atoms with Crippen molar-refractivity contribution in [2.45, 2.75) is 19.3 Å². The lowest BCUT2D eigenvalue weighted by atomic mass is 9.85. The van der Waals surface area contributed by atoms with Crippen LogP contribution < -0.4 is 10.2 Å². The van der Waals surface area contributed by atoms with E-state index in [9.17, 15) is 4.79 Å². The highest BCUT2D eigenvalue weighted by atomic mass is 35.5. The van der Waals surface area contributed by atoms with Crippen LogP contribution in [0.25, 0.3) is 0 Å². The van der Waals surface area contributed by atoms with E-state index in [1.165, 1.54) is 19.3 Å². The summed E-state index contributed by atoms with van der Waals surface area (Å²) >= 11 is 0. The van der Waals surface area contributed by atoms with Crippen LogP contribution in [0.5, 0.6) is 0 Å². The maximum absolute atomic E-state index is 12.1. The van der Waals surface area contributed by atoms with Gasteiger partial charge in [-0.2, -0.15) is 0 Å². The summed E-state index contributed by atoms with van der Waals surface area (Å²) < 4.78 is 0. The lowest BCUT2D eigenvalue weighted by Gasteiger charge is -2.32. The Morgan fingerprint density at radius 1 is 1.33 bits per heavy atom. The number of amides is 1. The lowest BCUT2D eigenvalue weighted by molar-refractivity contribution is -0.117. The minimum absolute atomic E-state index is 0. The Hall–Kier alpha value is -1.06. The molecule has 1 fully saturated rings. The zero-order valence-electron chi connectivity index (χ0n) is 10.8. The molecule has 0 aliphatic heterocycles. The molecule has 18 heavy (non-hydrogen) atoms. The smallest absolute Gasteiger partial charge is 0.240 e. The van der Waals surface area contributed by atoms with Crippen molar-refractivity contribution in [1.29, 1.82) is 0 Å². The van der Waals surface area contributed by atoms with E-state index < -0.39 is 0 Å². The first-order valence-corrected chi connectivity index (χ1v) is 6.31. The molecule has 0 heterocycles. The van der Waals surface area contributed by atoms with Gasteiger partial charge >= 0.3 is 0 Å². The largest absolute Gasteiger partial charge is 0.311 e. The maximum Gasteiger partial charge on any atom is 0.240 e. The molecule has 4 heteroatoms. The van der Waals surface area contributed by atoms with E-state index in [1.54, 1.807) is 0 Å². The quantitative estimate of drug-likeness (QED) is 0.890. The lowest BCUT2D eigenvalue weighted by Crippen LogP contribution is -2.41. The Balaban J connectivity index is 0.00000162. The van der Waals surface area contributed by atoms with E-state index in [-0.39, 0.29) is 18.3 Å². The van der Waals surface area contributed by atoms with Gasteiger partial charge in [-0.05, 0) is 37.9 Å². The fourth-order valence-corrected chi connectivity index (χ4v) is 2.14. The topological polar surface area (TPSA) is 32.3 Å². The number of hydrogen-bond acceptors (Lipinski definition) is 2. The predicted molar refractivity (Wildman–Crippen MR) is 77.3 cm³/mol. The Labute approximate surface area is 115 Å². The molecule has 2 rings (SSSR count). The number of para-hydroxylation sites is 1. The minimum atomic E-state index is 0. The molecule has 1 amide bonds. The van der Waals surface area contributed by atoms with Gasteiger partial charge in [0.2, 0.25) is 5.91 Å². The van der Waals surface area contributed by atoms with Crippen molar-refractivity contribution in [1.82, 2.24) is 5.32 Å². The summed E-state index contributed by atoms with van der Waals surface area (Å²) in [6.07, 6.45) is 3.83. The second-order valence-corrected chi connectivity index (χ2v) is 4.67. The van der Waals surface area contributed by atoms with Crippen molar-refractivity contribution in [2.24, 2.45) is 5.92 Å². The second kappa shape index (κ2) is 7.39. The first-order valence-electron chi connectivity index (χ1n) is 6.31. The third-order valence-corrected chi connectivity index (χ3v) is 3.36. The maximum atomic E-state index is 12.1. The third-order valence-electron chi connectivity index (χ3n) is 3.36. The summed E-state index contributed by atoms with van der Waals surface area (Å²) in [6.45, 7) is 1.27. The number of hydrogen-bond donors (Lipinski definition) is 1. The first-order chi connectivity index (χ1) is 8.31. The molecule has 0 spiro atoms. The molecule has 0 bridgehead atoms. The molecular formula is C14H21ClN2O. The highest BCUT2D eigenvalue weighted by Crippen LogP contribution is 2.28. The van der Waals surface area contributed by atoms with Crippen molar-refractivity contribution in [3.63, 3.8) is 0 Å². The average Bonchev–Trinajstić information content (AvgIpc) is 2.29. The number of nitrogens with one attached hydrogen (secondary N) is 1. The van der Waals surface area contributed by atoms with Crippen LogP contribution in [0.4, 0.5) is 5.69 Å². The third kappa shape index (κ3) is 3.72. The van der Waals surface area contributed by atoms with Gasteiger partial charge in [-0.25, -0.2) is 0 Å². The van der Waals surface area contributed by atoms with Gasteiger partial charge in [-0.3, -0.25) is 4.79 Å². The molecule has 1 aliphatic rings. The number of carbonyl (C=O) groups is 1. The standard InChI is InChI=1S/C14H20N2O.ClH/c1-15-10-14(17)16(11-12-6-5-7-12)13-8-3-2-4-9-13;/h2-4,8-9,12,15H,5-7,10-11H2,1H3;1H. The summed E-state index contributed by atoms with van der Waals surface area (Å²) in [4.78, 5) is 14.0. The second-order valence-electron chi connectivity index (χ2n) is 4.67. The van der Waals surface area contributed by atoms with E-state index in [0.29, 0.717) is 12.5 Å². The zero-order chi connectivity index (χ0) is 12.1. The van der Waals surface area contributed by atoms with Gasteiger partial charge in [0.25, 0.3) is 0 Å². The van der Waals surface area contributed by atoms with Crippen LogP contribution in [0.2, 0.25) is 0 Å². The fraction of sp³-hybridized carbons (Fsp3) is 0.500. The average molecular weight is 269 g/mol. The number of nitrogens with zero attached hydrogens (tertiary/aromatic N) is 1. The van der Waals surface area contributed by atoms with Crippen LogP contribution in [0, 0.1) is 5.92 Å². The number of likely N-dealkylation sites (N-methyl/N-ethyl adjacent to an activating group) is 1. The molecule has 0 radical (unpaired) electrons. The Kier molecular flexibility index (Phi) is 6.16. The van der Waals surface area contributed by atoms with Crippen molar-refractivity contribution in [3.05, 3.63) is 30.3 Å². The SMILES string of the molecule is CNCC(=O)N(CC1CCC1)c1ccccc1.Cl. The van der Waals surface area contributed by atoms with E-state index in [4.69, 9.17) is 0 Å². The Morgan fingerprint density at radius 2 is 2.00 bits per heavy atom. The van der Waals surface area contributed by atoms with E-state index >= 15 is 0 Å². The molecule has 0 aromatic heterocycles. The summed E-state index contributed by atoms with van der Waals surface area (Å²) in [6, 6.07) is 9.96.